The van der Waals surface area contributed by atoms with Crippen LogP contribution in [0.25, 0.3) is 6.08 Å². The summed E-state index contributed by atoms with van der Waals surface area (Å²) in [5.41, 5.74) is 4.09. The molecule has 1 N–H and O–H groups in total. The van der Waals surface area contributed by atoms with Gasteiger partial charge >= 0.3 is 0 Å². The molecule has 1 aromatic carbocycles. The lowest BCUT2D eigenvalue weighted by molar-refractivity contribution is 0.164. The molecule has 1 nitrogen and oxygen atoms in total. The Bertz CT molecular complexity index is 379. The van der Waals surface area contributed by atoms with E-state index in [4.69, 9.17) is 0 Å². The van der Waals surface area contributed by atoms with Crippen LogP contribution >= 0.6 is 0 Å². The minimum absolute atomic E-state index is 0.188. The molecular formula is C17H26O. The first kappa shape index (κ1) is 15.0. The van der Waals surface area contributed by atoms with Gasteiger partial charge in [0.15, 0.2) is 0 Å². The first-order chi connectivity index (χ1) is 8.81. The zero-order valence-corrected chi connectivity index (χ0v) is 11.9. The minimum atomic E-state index is -0.188. The third-order valence-corrected chi connectivity index (χ3v) is 3.23. The van der Waals surface area contributed by atoms with E-state index in [1.807, 2.05) is 13.8 Å². The van der Waals surface area contributed by atoms with E-state index in [2.05, 4.69) is 37.3 Å². The molecule has 1 aromatic rings. The summed E-state index contributed by atoms with van der Waals surface area (Å²) in [5, 5.41) is 9.88. The Labute approximate surface area is 112 Å². The van der Waals surface area contributed by atoms with Gasteiger partial charge in [-0.15, -0.1) is 0 Å². The van der Waals surface area contributed by atoms with Crippen molar-refractivity contribution in [2.24, 2.45) is 0 Å². The van der Waals surface area contributed by atoms with Gasteiger partial charge in [0.1, 0.15) is 0 Å². The van der Waals surface area contributed by atoms with Gasteiger partial charge in [0, 0.05) is 0 Å². The van der Waals surface area contributed by atoms with Crippen molar-refractivity contribution >= 4 is 6.08 Å². The topological polar surface area (TPSA) is 20.2 Å². The molecule has 100 valence electrons. The number of allylic oxidation sites excluding steroid dienone is 1. The molecule has 0 saturated heterocycles. The van der Waals surface area contributed by atoms with E-state index in [-0.39, 0.29) is 6.10 Å². The molecule has 1 aliphatic carbocycles. The van der Waals surface area contributed by atoms with Crippen molar-refractivity contribution in [3.05, 3.63) is 41.0 Å². The maximum absolute atomic E-state index is 9.88. The Kier molecular flexibility index (Phi) is 6.74. The van der Waals surface area contributed by atoms with Crippen molar-refractivity contribution in [1.82, 2.24) is 0 Å². The van der Waals surface area contributed by atoms with Gasteiger partial charge in [-0.2, -0.15) is 0 Å². The fourth-order valence-electron chi connectivity index (χ4n) is 2.41. The highest BCUT2D eigenvalue weighted by Crippen LogP contribution is 2.24. The molecular weight excluding hydrogens is 220 g/mol. The maximum Gasteiger partial charge on any atom is 0.0580 e. The second-order valence-corrected chi connectivity index (χ2v) is 4.58. The van der Waals surface area contributed by atoms with Crippen molar-refractivity contribution in [1.29, 1.82) is 0 Å². The van der Waals surface area contributed by atoms with Gasteiger partial charge in [-0.3, -0.25) is 0 Å². The predicted molar refractivity (Wildman–Crippen MR) is 79.8 cm³/mol. The molecule has 18 heavy (non-hydrogen) atoms. The molecule has 0 heterocycles. The van der Waals surface area contributed by atoms with Crippen LogP contribution in [0.1, 0.15) is 56.7 Å². The summed E-state index contributed by atoms with van der Waals surface area (Å²) < 4.78 is 0. The van der Waals surface area contributed by atoms with Gasteiger partial charge in [-0.25, -0.2) is 0 Å². The number of hydrogen-bond acceptors (Lipinski definition) is 1. The van der Waals surface area contributed by atoms with Crippen LogP contribution in [0.5, 0.6) is 0 Å². The molecule has 1 unspecified atom stereocenters. The second-order valence-electron chi connectivity index (χ2n) is 4.58. The Morgan fingerprint density at radius 3 is 2.78 bits per heavy atom. The maximum atomic E-state index is 9.88. The van der Waals surface area contributed by atoms with E-state index in [9.17, 15) is 5.11 Å². The third-order valence-electron chi connectivity index (χ3n) is 3.23. The number of aryl methyl sites for hydroxylation is 1. The average molecular weight is 246 g/mol. The SMILES string of the molecule is CC.CCCC(O)Cc1cccc2c1C=CCC2. The average Bonchev–Trinajstić information content (AvgIpc) is 2.42. The van der Waals surface area contributed by atoms with Gasteiger partial charge in [0.05, 0.1) is 6.10 Å². The molecule has 1 atom stereocenters. The van der Waals surface area contributed by atoms with Crippen LogP contribution in [0.4, 0.5) is 0 Å². The molecule has 0 aliphatic heterocycles. The minimum Gasteiger partial charge on any atom is -0.393 e. The molecule has 0 bridgehead atoms. The Morgan fingerprint density at radius 2 is 2.06 bits per heavy atom. The van der Waals surface area contributed by atoms with Crippen LogP contribution in [-0.4, -0.2) is 11.2 Å². The Hall–Kier alpha value is -1.08. The van der Waals surface area contributed by atoms with Gasteiger partial charge in [-0.1, -0.05) is 57.5 Å². The highest BCUT2D eigenvalue weighted by Gasteiger charge is 2.11. The van der Waals surface area contributed by atoms with E-state index in [1.165, 1.54) is 16.7 Å². The molecule has 1 aliphatic rings. The highest BCUT2D eigenvalue weighted by molar-refractivity contribution is 5.60. The smallest absolute Gasteiger partial charge is 0.0580 e. The Morgan fingerprint density at radius 1 is 1.28 bits per heavy atom. The molecule has 2 rings (SSSR count). The van der Waals surface area contributed by atoms with E-state index in [1.54, 1.807) is 0 Å². The highest BCUT2D eigenvalue weighted by atomic mass is 16.3. The van der Waals surface area contributed by atoms with Crippen molar-refractivity contribution in [2.45, 2.75) is 59.0 Å². The number of fused-ring (bicyclic) bond motifs is 1. The summed E-state index contributed by atoms with van der Waals surface area (Å²) in [6.45, 7) is 6.11. The number of benzene rings is 1. The first-order valence-electron chi connectivity index (χ1n) is 7.26. The second kappa shape index (κ2) is 8.10. The molecule has 0 radical (unpaired) electrons. The van der Waals surface area contributed by atoms with E-state index in [0.29, 0.717) is 0 Å². The normalized spacial score (nSPS) is 14.4. The van der Waals surface area contributed by atoms with E-state index in [0.717, 1.165) is 32.1 Å². The van der Waals surface area contributed by atoms with Gasteiger partial charge in [0.2, 0.25) is 0 Å². The van der Waals surface area contributed by atoms with Crippen molar-refractivity contribution in [2.75, 3.05) is 0 Å². The van der Waals surface area contributed by atoms with Crippen LogP contribution in [0.3, 0.4) is 0 Å². The zero-order valence-electron chi connectivity index (χ0n) is 11.9. The fourth-order valence-corrected chi connectivity index (χ4v) is 2.41. The molecule has 0 amide bonds. The molecule has 0 spiro atoms. The van der Waals surface area contributed by atoms with Crippen LogP contribution < -0.4 is 0 Å². The standard InChI is InChI=1S/C15H20O.C2H6/c1-2-6-14(16)11-13-9-5-8-12-7-3-4-10-15(12)13;1-2/h4-5,8-10,14,16H,2-3,6-7,11H2,1H3;1-2H3. The van der Waals surface area contributed by atoms with E-state index < -0.39 is 0 Å². The van der Waals surface area contributed by atoms with Gasteiger partial charge < -0.3 is 5.11 Å². The first-order valence-corrected chi connectivity index (χ1v) is 7.26. The van der Waals surface area contributed by atoms with Crippen molar-refractivity contribution in [3.8, 4) is 0 Å². The number of hydrogen-bond donors (Lipinski definition) is 1. The Balaban J connectivity index is 0.000000771. The monoisotopic (exact) mass is 246 g/mol. The van der Waals surface area contributed by atoms with Gasteiger partial charge in [0.25, 0.3) is 0 Å². The third kappa shape index (κ3) is 3.99. The summed E-state index contributed by atoms with van der Waals surface area (Å²) >= 11 is 0. The van der Waals surface area contributed by atoms with Crippen LogP contribution in [0, 0.1) is 0 Å². The number of rotatable bonds is 4. The quantitative estimate of drug-likeness (QED) is 0.836. The summed E-state index contributed by atoms with van der Waals surface area (Å²) in [5.74, 6) is 0. The number of aliphatic hydroxyl groups excluding tert-OH is 1. The number of aliphatic hydroxyl groups is 1. The van der Waals surface area contributed by atoms with Crippen LogP contribution in [0.15, 0.2) is 24.3 Å². The van der Waals surface area contributed by atoms with E-state index >= 15 is 0 Å². The van der Waals surface area contributed by atoms with Crippen LogP contribution in [-0.2, 0) is 12.8 Å². The summed E-state index contributed by atoms with van der Waals surface area (Å²) in [6, 6.07) is 6.47. The molecule has 0 aromatic heterocycles. The summed E-state index contributed by atoms with van der Waals surface area (Å²) in [6.07, 6.45) is 9.29. The summed E-state index contributed by atoms with van der Waals surface area (Å²) in [7, 11) is 0. The van der Waals surface area contributed by atoms with Crippen molar-refractivity contribution < 1.29 is 5.11 Å². The lowest BCUT2D eigenvalue weighted by atomic mass is 9.90. The lowest BCUT2D eigenvalue weighted by Crippen LogP contribution is -2.11. The summed E-state index contributed by atoms with van der Waals surface area (Å²) in [4.78, 5) is 0. The zero-order chi connectivity index (χ0) is 13.4. The molecule has 0 saturated carbocycles. The largest absolute Gasteiger partial charge is 0.393 e. The molecule has 0 fully saturated rings. The van der Waals surface area contributed by atoms with Crippen molar-refractivity contribution in [3.63, 3.8) is 0 Å². The molecule has 1 heteroatoms. The fraction of sp³-hybridized carbons (Fsp3) is 0.529. The van der Waals surface area contributed by atoms with Gasteiger partial charge in [-0.05, 0) is 42.4 Å². The lowest BCUT2D eigenvalue weighted by Gasteiger charge is -2.17. The predicted octanol–water partition coefficient (Wildman–Crippen LogP) is 4.38. The van der Waals surface area contributed by atoms with Crippen LogP contribution in [0.2, 0.25) is 0 Å².